The van der Waals surface area contributed by atoms with Crippen molar-refractivity contribution in [2.24, 2.45) is 0 Å². The summed E-state index contributed by atoms with van der Waals surface area (Å²) in [4.78, 5) is 13.4. The summed E-state index contributed by atoms with van der Waals surface area (Å²) in [7, 11) is -3.53. The number of piperazine rings is 1. The summed E-state index contributed by atoms with van der Waals surface area (Å²) in [5, 5.41) is 2.82. The standard InChI is InChI=1S/C19H25N3O5S/c1-2-26-16-5-7-18(8-6-16)28(24,25)22-11-9-21(10-12-22)15-19(23)20-14-17-4-3-13-27-17/h3-8,13H,2,9-12,14-15H2,1H3,(H,20,23)/p+1. The fourth-order valence-electron chi connectivity index (χ4n) is 3.13. The number of nitrogens with zero attached hydrogens (tertiary/aromatic N) is 1. The second-order valence-corrected chi connectivity index (χ2v) is 8.53. The van der Waals surface area contributed by atoms with Crippen LogP contribution in [0.15, 0.2) is 52.0 Å². The Labute approximate surface area is 165 Å². The van der Waals surface area contributed by atoms with Gasteiger partial charge in [-0.15, -0.1) is 0 Å². The van der Waals surface area contributed by atoms with Crippen LogP contribution >= 0.6 is 0 Å². The molecule has 2 aromatic rings. The number of ether oxygens (including phenoxy) is 1. The van der Waals surface area contributed by atoms with Gasteiger partial charge in [0.1, 0.15) is 11.5 Å². The minimum atomic E-state index is -3.53. The number of hydrogen-bond acceptors (Lipinski definition) is 5. The van der Waals surface area contributed by atoms with Gasteiger partial charge in [0.2, 0.25) is 10.0 Å². The van der Waals surface area contributed by atoms with Crippen molar-refractivity contribution in [2.45, 2.75) is 18.4 Å². The first-order valence-electron chi connectivity index (χ1n) is 9.34. The topological polar surface area (TPSA) is 93.3 Å². The lowest BCUT2D eigenvalue weighted by Gasteiger charge is -2.31. The van der Waals surface area contributed by atoms with Gasteiger partial charge in [-0.2, -0.15) is 4.31 Å². The monoisotopic (exact) mass is 408 g/mol. The van der Waals surface area contributed by atoms with E-state index < -0.39 is 10.0 Å². The van der Waals surface area contributed by atoms with E-state index in [0.29, 0.717) is 57.4 Å². The van der Waals surface area contributed by atoms with Crippen molar-refractivity contribution in [1.82, 2.24) is 9.62 Å². The molecule has 1 aromatic heterocycles. The number of carbonyl (C=O) groups is 1. The second-order valence-electron chi connectivity index (χ2n) is 6.59. The number of nitrogens with one attached hydrogen (secondary N) is 2. The van der Waals surface area contributed by atoms with Gasteiger partial charge in [0.05, 0.1) is 50.5 Å². The fourth-order valence-corrected chi connectivity index (χ4v) is 4.57. The molecule has 0 saturated carbocycles. The molecule has 0 radical (unpaired) electrons. The first-order chi connectivity index (χ1) is 13.5. The number of hydrogen-bond donors (Lipinski definition) is 2. The lowest BCUT2D eigenvalue weighted by molar-refractivity contribution is -0.895. The third-order valence-electron chi connectivity index (χ3n) is 4.65. The van der Waals surface area contributed by atoms with Gasteiger partial charge in [0, 0.05) is 0 Å². The molecule has 0 bridgehead atoms. The van der Waals surface area contributed by atoms with Crippen molar-refractivity contribution in [2.75, 3.05) is 39.3 Å². The maximum atomic E-state index is 12.8. The quantitative estimate of drug-likeness (QED) is 0.636. The predicted octanol–water partition coefficient (Wildman–Crippen LogP) is -0.116. The summed E-state index contributed by atoms with van der Waals surface area (Å²) in [6.45, 7) is 5.03. The molecule has 1 aliphatic heterocycles. The van der Waals surface area contributed by atoms with Crippen molar-refractivity contribution in [1.29, 1.82) is 0 Å². The average Bonchev–Trinajstić information content (AvgIpc) is 3.21. The first kappa shape index (κ1) is 20.4. The van der Waals surface area contributed by atoms with Crippen molar-refractivity contribution in [3.05, 3.63) is 48.4 Å². The third-order valence-corrected chi connectivity index (χ3v) is 6.57. The van der Waals surface area contributed by atoms with Gasteiger partial charge < -0.3 is 19.4 Å². The van der Waals surface area contributed by atoms with Gasteiger partial charge in [-0.05, 0) is 43.3 Å². The van der Waals surface area contributed by atoms with E-state index in [2.05, 4.69) is 5.32 Å². The van der Waals surface area contributed by atoms with Crippen LogP contribution in [-0.2, 0) is 21.4 Å². The molecule has 9 heteroatoms. The molecule has 2 N–H and O–H groups in total. The highest BCUT2D eigenvalue weighted by Gasteiger charge is 2.31. The molecular weight excluding hydrogens is 382 g/mol. The Morgan fingerprint density at radius 2 is 1.93 bits per heavy atom. The number of benzene rings is 1. The minimum absolute atomic E-state index is 0.0748. The highest BCUT2D eigenvalue weighted by atomic mass is 32.2. The Morgan fingerprint density at radius 3 is 2.54 bits per heavy atom. The lowest BCUT2D eigenvalue weighted by atomic mass is 10.3. The van der Waals surface area contributed by atoms with Crippen LogP contribution in [0.2, 0.25) is 0 Å². The summed E-state index contributed by atoms with van der Waals surface area (Å²) in [6.07, 6.45) is 1.57. The van der Waals surface area contributed by atoms with E-state index in [0.717, 1.165) is 4.90 Å². The molecule has 1 saturated heterocycles. The molecule has 1 aliphatic rings. The van der Waals surface area contributed by atoms with Gasteiger partial charge in [-0.3, -0.25) is 4.79 Å². The smallest absolute Gasteiger partial charge is 0.275 e. The predicted molar refractivity (Wildman–Crippen MR) is 102 cm³/mol. The van der Waals surface area contributed by atoms with Crippen molar-refractivity contribution in [3.8, 4) is 5.75 Å². The van der Waals surface area contributed by atoms with Crippen LogP contribution in [0.4, 0.5) is 0 Å². The van der Waals surface area contributed by atoms with Gasteiger partial charge in [-0.25, -0.2) is 8.42 Å². The maximum absolute atomic E-state index is 12.8. The molecule has 0 aliphatic carbocycles. The van der Waals surface area contributed by atoms with Crippen molar-refractivity contribution >= 4 is 15.9 Å². The van der Waals surface area contributed by atoms with Crippen LogP contribution in [0.25, 0.3) is 0 Å². The summed E-state index contributed by atoms with van der Waals surface area (Å²) in [5.41, 5.74) is 0. The zero-order valence-electron chi connectivity index (χ0n) is 15.9. The van der Waals surface area contributed by atoms with E-state index in [9.17, 15) is 13.2 Å². The molecule has 8 nitrogen and oxygen atoms in total. The van der Waals surface area contributed by atoms with Crippen LogP contribution < -0.4 is 15.0 Å². The van der Waals surface area contributed by atoms with E-state index in [1.807, 2.05) is 6.92 Å². The van der Waals surface area contributed by atoms with Crippen LogP contribution in [0, 0.1) is 0 Å². The second kappa shape index (κ2) is 9.22. The van der Waals surface area contributed by atoms with Gasteiger partial charge in [0.15, 0.2) is 6.54 Å². The van der Waals surface area contributed by atoms with Crippen molar-refractivity contribution < 1.29 is 27.3 Å². The van der Waals surface area contributed by atoms with Crippen LogP contribution in [-0.4, -0.2) is 58.0 Å². The van der Waals surface area contributed by atoms with E-state index >= 15 is 0 Å². The number of sulfonamides is 1. The SMILES string of the molecule is CCOc1ccc(S(=O)(=O)N2CC[NH+](CC(=O)NCc3ccco3)CC2)cc1. The molecule has 152 valence electrons. The minimum Gasteiger partial charge on any atom is -0.494 e. The maximum Gasteiger partial charge on any atom is 0.275 e. The molecule has 0 unspecified atom stereocenters. The Bertz CT molecular complexity index is 857. The molecular formula is C19H26N3O5S+. The Kier molecular flexibility index (Phi) is 6.71. The van der Waals surface area contributed by atoms with Crippen LogP contribution in [0.5, 0.6) is 5.75 Å². The zero-order valence-corrected chi connectivity index (χ0v) is 16.7. The van der Waals surface area contributed by atoms with Gasteiger partial charge in [0.25, 0.3) is 5.91 Å². The summed E-state index contributed by atoms with van der Waals surface area (Å²) >= 11 is 0. The Hall–Kier alpha value is -2.36. The average molecular weight is 409 g/mol. The number of carbonyl (C=O) groups excluding carboxylic acids is 1. The molecule has 1 aromatic carbocycles. The molecule has 1 amide bonds. The number of quaternary nitrogens is 1. The van der Waals surface area contributed by atoms with Gasteiger partial charge >= 0.3 is 0 Å². The summed E-state index contributed by atoms with van der Waals surface area (Å²) < 4.78 is 37.6. The molecule has 0 spiro atoms. The summed E-state index contributed by atoms with van der Waals surface area (Å²) in [6, 6.07) is 10.1. The number of amides is 1. The molecule has 28 heavy (non-hydrogen) atoms. The van der Waals surface area contributed by atoms with Crippen molar-refractivity contribution in [3.63, 3.8) is 0 Å². The van der Waals surface area contributed by atoms with E-state index in [-0.39, 0.29) is 10.8 Å². The third kappa shape index (κ3) is 5.12. The van der Waals surface area contributed by atoms with Crippen LogP contribution in [0.1, 0.15) is 12.7 Å². The highest BCUT2D eigenvalue weighted by molar-refractivity contribution is 7.89. The fraction of sp³-hybridized carbons (Fsp3) is 0.421. The largest absolute Gasteiger partial charge is 0.494 e. The van der Waals surface area contributed by atoms with E-state index in [4.69, 9.17) is 9.15 Å². The first-order valence-corrected chi connectivity index (χ1v) is 10.8. The normalized spacial score (nSPS) is 16.0. The molecule has 0 atom stereocenters. The van der Waals surface area contributed by atoms with E-state index in [1.54, 1.807) is 42.7 Å². The Balaban J connectivity index is 1.49. The number of furan rings is 1. The highest BCUT2D eigenvalue weighted by Crippen LogP contribution is 2.19. The summed E-state index contributed by atoms with van der Waals surface area (Å²) in [5.74, 6) is 1.28. The molecule has 2 heterocycles. The van der Waals surface area contributed by atoms with E-state index in [1.165, 1.54) is 4.31 Å². The Morgan fingerprint density at radius 1 is 1.21 bits per heavy atom. The number of rotatable bonds is 8. The van der Waals surface area contributed by atoms with Gasteiger partial charge in [-0.1, -0.05) is 0 Å². The molecule has 3 rings (SSSR count). The lowest BCUT2D eigenvalue weighted by Crippen LogP contribution is -3.15. The molecule has 1 fully saturated rings. The zero-order chi connectivity index (χ0) is 20.0. The van der Waals surface area contributed by atoms with Crippen LogP contribution in [0.3, 0.4) is 0 Å².